The van der Waals surface area contributed by atoms with Crippen LogP contribution in [0, 0.1) is 0 Å². The Labute approximate surface area is 104 Å². The summed E-state index contributed by atoms with van der Waals surface area (Å²) in [6.07, 6.45) is 9.03. The molecule has 1 atom stereocenters. The van der Waals surface area contributed by atoms with Crippen LogP contribution in [0.15, 0.2) is 12.4 Å². The van der Waals surface area contributed by atoms with Gasteiger partial charge in [-0.2, -0.15) is 5.10 Å². The molecule has 0 aliphatic heterocycles. The molecule has 1 aromatic heterocycles. The molecule has 1 unspecified atom stereocenters. The van der Waals surface area contributed by atoms with E-state index in [0.717, 1.165) is 12.2 Å². The Balaban J connectivity index is 2.27. The van der Waals surface area contributed by atoms with Crippen molar-refractivity contribution in [3.63, 3.8) is 0 Å². The van der Waals surface area contributed by atoms with Crippen molar-refractivity contribution in [2.24, 2.45) is 0 Å². The highest BCUT2D eigenvalue weighted by atomic mass is 16.5. The minimum atomic E-state index is 0.515. The molecular formula is C13H25N3O. The molecule has 0 amide bonds. The number of hydrogen-bond donors (Lipinski definition) is 1. The van der Waals surface area contributed by atoms with Gasteiger partial charge in [0.25, 0.3) is 0 Å². The topological polar surface area (TPSA) is 39.1 Å². The fourth-order valence-corrected chi connectivity index (χ4v) is 1.80. The van der Waals surface area contributed by atoms with Crippen molar-refractivity contribution in [1.82, 2.24) is 9.78 Å². The van der Waals surface area contributed by atoms with Crippen LogP contribution in [0.1, 0.15) is 39.5 Å². The van der Waals surface area contributed by atoms with Crippen molar-refractivity contribution in [1.29, 1.82) is 0 Å². The van der Waals surface area contributed by atoms with Crippen LogP contribution in [-0.4, -0.2) is 29.5 Å². The van der Waals surface area contributed by atoms with Crippen LogP contribution in [0.3, 0.4) is 0 Å². The van der Waals surface area contributed by atoms with Crippen LogP contribution in [0.25, 0.3) is 0 Å². The van der Waals surface area contributed by atoms with Crippen molar-refractivity contribution >= 4 is 5.69 Å². The van der Waals surface area contributed by atoms with Gasteiger partial charge >= 0.3 is 0 Å². The molecule has 17 heavy (non-hydrogen) atoms. The summed E-state index contributed by atoms with van der Waals surface area (Å²) >= 11 is 0. The van der Waals surface area contributed by atoms with Crippen molar-refractivity contribution in [2.75, 3.05) is 19.0 Å². The first-order chi connectivity index (χ1) is 8.26. The molecule has 0 bridgehead atoms. The summed E-state index contributed by atoms with van der Waals surface area (Å²) in [4.78, 5) is 0. The molecule has 0 aromatic carbocycles. The lowest BCUT2D eigenvalue weighted by molar-refractivity contribution is 0.183. The van der Waals surface area contributed by atoms with Gasteiger partial charge in [-0.1, -0.05) is 26.2 Å². The molecule has 1 N–H and O–H groups in total. The molecule has 0 aliphatic carbocycles. The van der Waals surface area contributed by atoms with Crippen LogP contribution in [0.5, 0.6) is 0 Å². The Bertz CT molecular complexity index is 299. The largest absolute Gasteiger partial charge is 0.383 e. The molecule has 1 rings (SSSR count). The van der Waals surface area contributed by atoms with E-state index in [1.54, 1.807) is 7.11 Å². The van der Waals surface area contributed by atoms with Gasteiger partial charge in [0.05, 0.1) is 25.0 Å². The van der Waals surface area contributed by atoms with Gasteiger partial charge in [0.2, 0.25) is 0 Å². The zero-order valence-electron chi connectivity index (χ0n) is 11.3. The lowest BCUT2D eigenvalue weighted by atomic mass is 10.1. The van der Waals surface area contributed by atoms with Gasteiger partial charge < -0.3 is 10.1 Å². The van der Waals surface area contributed by atoms with Gasteiger partial charge in [0.1, 0.15) is 0 Å². The maximum absolute atomic E-state index is 5.02. The smallest absolute Gasteiger partial charge is 0.0728 e. The molecule has 4 heteroatoms. The van der Waals surface area contributed by atoms with Gasteiger partial charge in [-0.05, 0) is 13.3 Å². The summed E-state index contributed by atoms with van der Waals surface area (Å²) in [5.41, 5.74) is 1.10. The Hall–Kier alpha value is -1.03. The van der Waals surface area contributed by atoms with E-state index in [2.05, 4.69) is 24.3 Å². The zero-order chi connectivity index (χ0) is 12.5. The van der Waals surface area contributed by atoms with Crippen molar-refractivity contribution in [3.05, 3.63) is 12.4 Å². The zero-order valence-corrected chi connectivity index (χ0v) is 11.3. The third-order valence-electron chi connectivity index (χ3n) is 2.81. The van der Waals surface area contributed by atoms with E-state index in [0.29, 0.717) is 12.6 Å². The second-order valence-electron chi connectivity index (χ2n) is 4.53. The summed E-state index contributed by atoms with van der Waals surface area (Å²) in [5, 5.41) is 7.75. The van der Waals surface area contributed by atoms with Crippen LogP contribution in [0.4, 0.5) is 5.69 Å². The van der Waals surface area contributed by atoms with E-state index in [-0.39, 0.29) is 0 Å². The number of anilines is 1. The molecule has 0 saturated heterocycles. The number of nitrogens with one attached hydrogen (secondary N) is 1. The molecule has 4 nitrogen and oxygen atoms in total. The molecule has 1 aromatic rings. The normalized spacial score (nSPS) is 12.6. The van der Waals surface area contributed by atoms with Crippen molar-refractivity contribution in [2.45, 2.75) is 52.1 Å². The highest BCUT2D eigenvalue weighted by Crippen LogP contribution is 2.11. The van der Waals surface area contributed by atoms with E-state index in [4.69, 9.17) is 4.74 Å². The summed E-state index contributed by atoms with van der Waals surface area (Å²) in [7, 11) is 1.71. The van der Waals surface area contributed by atoms with Crippen LogP contribution in [-0.2, 0) is 11.3 Å². The summed E-state index contributed by atoms with van der Waals surface area (Å²) in [5.74, 6) is 0. The first-order valence-electron chi connectivity index (χ1n) is 6.54. The summed E-state index contributed by atoms with van der Waals surface area (Å²) < 4.78 is 6.93. The number of nitrogens with zero attached hydrogens (tertiary/aromatic N) is 2. The average molecular weight is 239 g/mol. The van der Waals surface area contributed by atoms with Crippen LogP contribution < -0.4 is 5.32 Å². The highest BCUT2D eigenvalue weighted by Gasteiger charge is 2.03. The van der Waals surface area contributed by atoms with Gasteiger partial charge in [0.15, 0.2) is 0 Å². The SMILES string of the molecule is CCCCCC(C)Nc1cnn(CCOC)c1. The van der Waals surface area contributed by atoms with E-state index in [9.17, 15) is 0 Å². The lowest BCUT2D eigenvalue weighted by Gasteiger charge is -2.12. The Morgan fingerprint density at radius 3 is 3.00 bits per heavy atom. The fraction of sp³-hybridized carbons (Fsp3) is 0.769. The molecule has 0 aliphatic rings. The average Bonchev–Trinajstić information content (AvgIpc) is 2.74. The van der Waals surface area contributed by atoms with Gasteiger partial charge in [-0.3, -0.25) is 4.68 Å². The highest BCUT2D eigenvalue weighted by molar-refractivity contribution is 5.38. The predicted molar refractivity (Wildman–Crippen MR) is 71.3 cm³/mol. The first kappa shape index (κ1) is 14.0. The quantitative estimate of drug-likeness (QED) is 0.673. The maximum Gasteiger partial charge on any atom is 0.0728 e. The second kappa shape index (κ2) is 8.12. The Morgan fingerprint density at radius 1 is 1.47 bits per heavy atom. The number of ether oxygens (including phenoxy) is 1. The lowest BCUT2D eigenvalue weighted by Crippen LogP contribution is -2.14. The van der Waals surface area contributed by atoms with E-state index in [1.165, 1.54) is 25.7 Å². The van der Waals surface area contributed by atoms with Crippen LogP contribution in [0.2, 0.25) is 0 Å². The number of rotatable bonds is 9. The molecular weight excluding hydrogens is 214 g/mol. The molecule has 0 fully saturated rings. The van der Waals surface area contributed by atoms with Crippen LogP contribution >= 0.6 is 0 Å². The second-order valence-corrected chi connectivity index (χ2v) is 4.53. The third-order valence-corrected chi connectivity index (χ3v) is 2.81. The summed E-state index contributed by atoms with van der Waals surface area (Å²) in [6.45, 7) is 5.97. The monoisotopic (exact) mass is 239 g/mol. The van der Waals surface area contributed by atoms with Crippen molar-refractivity contribution < 1.29 is 4.74 Å². The maximum atomic E-state index is 5.02. The van der Waals surface area contributed by atoms with E-state index in [1.807, 2.05) is 17.1 Å². The first-order valence-corrected chi connectivity index (χ1v) is 6.54. The number of hydrogen-bond acceptors (Lipinski definition) is 3. The number of methoxy groups -OCH3 is 1. The van der Waals surface area contributed by atoms with Gasteiger partial charge in [0, 0.05) is 19.3 Å². The van der Waals surface area contributed by atoms with Gasteiger partial charge in [-0.25, -0.2) is 0 Å². The number of aromatic nitrogens is 2. The third kappa shape index (κ3) is 5.73. The van der Waals surface area contributed by atoms with Gasteiger partial charge in [-0.15, -0.1) is 0 Å². The fourth-order valence-electron chi connectivity index (χ4n) is 1.80. The number of unbranched alkanes of at least 4 members (excludes halogenated alkanes) is 2. The van der Waals surface area contributed by atoms with E-state index < -0.39 is 0 Å². The molecule has 0 radical (unpaired) electrons. The Kier molecular flexibility index (Phi) is 6.70. The summed E-state index contributed by atoms with van der Waals surface area (Å²) in [6, 6.07) is 0.515. The minimum absolute atomic E-state index is 0.515. The van der Waals surface area contributed by atoms with Crippen molar-refractivity contribution in [3.8, 4) is 0 Å². The predicted octanol–water partition coefficient (Wildman–Crippen LogP) is 2.91. The molecule has 0 saturated carbocycles. The minimum Gasteiger partial charge on any atom is -0.383 e. The molecule has 98 valence electrons. The molecule has 0 spiro atoms. The van der Waals surface area contributed by atoms with E-state index >= 15 is 0 Å². The standard InChI is InChI=1S/C13H25N3O/c1-4-5-6-7-12(2)15-13-10-14-16(11-13)8-9-17-3/h10-12,15H,4-9H2,1-3H3. The molecule has 1 heterocycles. The Morgan fingerprint density at radius 2 is 2.29 bits per heavy atom.